The lowest BCUT2D eigenvalue weighted by atomic mass is 10.6. The van der Waals surface area contributed by atoms with E-state index in [2.05, 4.69) is 43.7 Å². The topological polar surface area (TPSA) is 0 Å². The summed E-state index contributed by atoms with van der Waals surface area (Å²) in [4.78, 5) is 2.66. The minimum atomic E-state index is 0.605. The van der Waals surface area contributed by atoms with Crippen LogP contribution in [0.2, 0.25) is 0 Å². The van der Waals surface area contributed by atoms with Gasteiger partial charge in [0.25, 0.3) is 0 Å². The molecular formula is C12H13ClS8. The highest BCUT2D eigenvalue weighted by atomic mass is 35.5. The summed E-state index contributed by atoms with van der Waals surface area (Å²) >= 11 is 25.4. The fourth-order valence-corrected chi connectivity index (χ4v) is 10.0. The molecule has 0 spiro atoms. The van der Waals surface area contributed by atoms with Crippen LogP contribution in [0.25, 0.3) is 0 Å². The van der Waals surface area contributed by atoms with Crippen molar-refractivity contribution in [2.24, 2.45) is 0 Å². The van der Waals surface area contributed by atoms with Gasteiger partial charge in [-0.3, -0.25) is 0 Å². The smallest absolute Gasteiger partial charge is 0.0733 e. The second-order valence-electron chi connectivity index (χ2n) is 3.57. The lowest BCUT2D eigenvalue weighted by Gasteiger charge is -1.97. The van der Waals surface area contributed by atoms with E-state index in [9.17, 15) is 0 Å². The van der Waals surface area contributed by atoms with Crippen LogP contribution in [0.4, 0.5) is 0 Å². The van der Waals surface area contributed by atoms with E-state index in [1.54, 1.807) is 23.5 Å². The lowest BCUT2D eigenvalue weighted by molar-refractivity contribution is 1.61. The maximum Gasteiger partial charge on any atom is 0.0733 e. The normalized spacial score (nSPS) is 21.1. The molecular weight excluding hydrogens is 436 g/mol. The largest absolute Gasteiger partial charge is 0.174 e. The van der Waals surface area contributed by atoms with E-state index in [1.165, 1.54) is 26.8 Å². The molecule has 0 atom stereocenters. The molecule has 0 aliphatic carbocycles. The summed E-state index contributed by atoms with van der Waals surface area (Å²) in [5.41, 5.74) is 0. The predicted molar refractivity (Wildman–Crippen MR) is 120 cm³/mol. The molecule has 0 saturated carbocycles. The van der Waals surface area contributed by atoms with Crippen molar-refractivity contribution in [1.82, 2.24) is 0 Å². The zero-order chi connectivity index (χ0) is 15.2. The number of alkyl halides is 1. The first kappa shape index (κ1) is 19.4. The number of thiol groups is 2. The Kier molecular flexibility index (Phi) is 9.35. The first-order chi connectivity index (χ1) is 10.2. The maximum absolute atomic E-state index is 5.84. The molecule has 2 aliphatic rings. The molecule has 0 bridgehead atoms. The quantitative estimate of drug-likeness (QED) is 0.325. The molecule has 2 rings (SSSR count). The van der Waals surface area contributed by atoms with Gasteiger partial charge < -0.3 is 0 Å². The number of allylic oxidation sites excluding steroid dienone is 2. The fraction of sp³-hybridized carbons (Fsp3) is 0.333. The molecule has 0 aromatic rings. The summed E-state index contributed by atoms with van der Waals surface area (Å²) in [5, 5.41) is 0.605. The Bertz CT molecular complexity index is 501. The van der Waals surface area contributed by atoms with Crippen LogP contribution >= 0.6 is 107 Å². The van der Waals surface area contributed by atoms with Gasteiger partial charge in [-0.25, -0.2) is 0 Å². The minimum Gasteiger partial charge on any atom is -0.174 e. The van der Waals surface area contributed by atoms with E-state index in [1.807, 2.05) is 47.0 Å². The summed E-state index contributed by atoms with van der Waals surface area (Å²) in [5.74, 6) is 1.58. The van der Waals surface area contributed by atoms with E-state index in [4.69, 9.17) is 11.6 Å². The molecule has 0 radical (unpaired) electrons. The van der Waals surface area contributed by atoms with Crippen molar-refractivity contribution in [2.45, 2.75) is 0 Å². The number of halogens is 1. The van der Waals surface area contributed by atoms with Crippen LogP contribution in [-0.4, -0.2) is 23.0 Å². The molecule has 2 heterocycles. The maximum atomic E-state index is 5.84. The second kappa shape index (κ2) is 10.1. The van der Waals surface area contributed by atoms with E-state index in [0.717, 1.165) is 11.5 Å². The first-order valence-corrected chi connectivity index (χ1v) is 13.0. The molecule has 0 unspecified atom stereocenters. The molecule has 0 aromatic carbocycles. The van der Waals surface area contributed by atoms with E-state index >= 15 is 0 Å². The second-order valence-corrected chi connectivity index (χ2v) is 12.0. The van der Waals surface area contributed by atoms with Crippen molar-refractivity contribution >= 4 is 107 Å². The number of hydrogen-bond acceptors (Lipinski definition) is 8. The fourth-order valence-electron chi connectivity index (χ4n) is 1.44. The van der Waals surface area contributed by atoms with E-state index < -0.39 is 0 Å². The van der Waals surface area contributed by atoms with Crippen LogP contribution in [0.5, 0.6) is 0 Å². The van der Waals surface area contributed by atoms with Crippen molar-refractivity contribution in [1.29, 1.82) is 0 Å². The molecule has 0 N–H and O–H groups in total. The summed E-state index contributed by atoms with van der Waals surface area (Å²) in [6.07, 6.45) is 6.53. The Labute approximate surface area is 167 Å². The van der Waals surface area contributed by atoms with Gasteiger partial charge in [-0.2, -0.15) is 25.3 Å². The molecule has 21 heavy (non-hydrogen) atoms. The SMILES string of the molecule is CSC1=C(SCCl)SC(=CC=C2SC(CS)=C(CS)S2)S1. The van der Waals surface area contributed by atoms with Gasteiger partial charge in [0.15, 0.2) is 0 Å². The van der Waals surface area contributed by atoms with Gasteiger partial charge in [0.1, 0.15) is 0 Å². The van der Waals surface area contributed by atoms with Crippen molar-refractivity contribution in [3.63, 3.8) is 0 Å². The monoisotopic (exact) mass is 448 g/mol. The van der Waals surface area contributed by atoms with Crippen molar-refractivity contribution in [2.75, 3.05) is 23.0 Å². The van der Waals surface area contributed by atoms with Gasteiger partial charge in [-0.05, 0) is 18.4 Å². The van der Waals surface area contributed by atoms with E-state index in [-0.39, 0.29) is 0 Å². The Hall–Kier alpha value is 2.05. The van der Waals surface area contributed by atoms with Crippen molar-refractivity contribution in [3.8, 4) is 0 Å². The average Bonchev–Trinajstić information content (AvgIpc) is 3.08. The molecule has 0 aromatic heterocycles. The minimum absolute atomic E-state index is 0.605. The Morgan fingerprint density at radius 2 is 1.48 bits per heavy atom. The average molecular weight is 449 g/mol. The predicted octanol–water partition coefficient (Wildman–Crippen LogP) is 7.12. The summed E-state index contributed by atoms with van der Waals surface area (Å²) in [7, 11) is 0. The molecule has 0 saturated heterocycles. The molecule has 2 aliphatic heterocycles. The Balaban J connectivity index is 2.00. The summed E-state index contributed by atoms with van der Waals surface area (Å²) < 4.78 is 5.30. The van der Waals surface area contributed by atoms with Gasteiger partial charge >= 0.3 is 0 Å². The Morgan fingerprint density at radius 1 is 0.952 bits per heavy atom. The highest BCUT2D eigenvalue weighted by Crippen LogP contribution is 2.57. The molecule has 0 fully saturated rings. The Morgan fingerprint density at radius 3 is 1.95 bits per heavy atom. The number of thioether (sulfide) groups is 6. The van der Waals surface area contributed by atoms with Crippen LogP contribution in [0, 0.1) is 0 Å². The number of hydrogen-bond donors (Lipinski definition) is 2. The molecule has 0 nitrogen and oxygen atoms in total. The van der Waals surface area contributed by atoms with Crippen LogP contribution < -0.4 is 0 Å². The van der Waals surface area contributed by atoms with E-state index in [0.29, 0.717) is 5.21 Å². The van der Waals surface area contributed by atoms with Gasteiger partial charge in [-0.15, -0.1) is 35.1 Å². The highest BCUT2D eigenvalue weighted by molar-refractivity contribution is 8.40. The van der Waals surface area contributed by atoms with Crippen LogP contribution in [0.3, 0.4) is 0 Å². The zero-order valence-corrected chi connectivity index (χ0v) is 18.4. The van der Waals surface area contributed by atoms with Crippen LogP contribution in [-0.2, 0) is 0 Å². The van der Waals surface area contributed by atoms with Crippen LogP contribution in [0.1, 0.15) is 0 Å². The first-order valence-electron chi connectivity index (χ1n) is 5.76. The summed E-state index contributed by atoms with van der Waals surface area (Å²) in [6.45, 7) is 0. The van der Waals surface area contributed by atoms with Gasteiger partial charge in [0, 0.05) is 25.6 Å². The third-order valence-electron chi connectivity index (χ3n) is 2.33. The molecule has 9 heteroatoms. The standard InChI is InChI=1S/C12H13ClS8/c1-16-11-12(17-6-13)21-10(20-11)3-2-9-18-7(4-14)8(5-15)19-9/h2-3,14-15H,4-6H2,1H3. The van der Waals surface area contributed by atoms with Gasteiger partial charge in [0.2, 0.25) is 0 Å². The highest BCUT2D eigenvalue weighted by Gasteiger charge is 2.21. The lowest BCUT2D eigenvalue weighted by Crippen LogP contribution is -1.80. The molecule has 116 valence electrons. The third-order valence-corrected chi connectivity index (χ3v) is 11.3. The van der Waals surface area contributed by atoms with Crippen LogP contribution in [0.15, 0.2) is 38.9 Å². The molecule has 0 amide bonds. The zero-order valence-electron chi connectivity index (χ0n) is 11.0. The summed E-state index contributed by atoms with van der Waals surface area (Å²) in [6, 6.07) is 0. The third kappa shape index (κ3) is 5.53. The van der Waals surface area contributed by atoms with Crippen molar-refractivity contribution in [3.05, 3.63) is 38.9 Å². The number of rotatable bonds is 6. The van der Waals surface area contributed by atoms with Gasteiger partial charge in [0.05, 0.1) is 17.9 Å². The van der Waals surface area contributed by atoms with Crippen molar-refractivity contribution < 1.29 is 0 Å². The van der Waals surface area contributed by atoms with Gasteiger partial charge in [-0.1, -0.05) is 47.0 Å².